The van der Waals surface area contributed by atoms with Crippen molar-refractivity contribution in [2.75, 3.05) is 20.8 Å². The zero-order valence-electron chi connectivity index (χ0n) is 13.7. The molecule has 0 aliphatic rings. The van der Waals surface area contributed by atoms with Crippen molar-refractivity contribution in [2.24, 2.45) is 0 Å². The van der Waals surface area contributed by atoms with Gasteiger partial charge in [0.15, 0.2) is 11.5 Å². The third-order valence-corrected chi connectivity index (χ3v) is 3.19. The molecule has 6 heteroatoms. The quantitative estimate of drug-likeness (QED) is 0.599. The van der Waals surface area contributed by atoms with Crippen LogP contribution in [0.1, 0.15) is 27.6 Å². The van der Waals surface area contributed by atoms with Crippen LogP contribution in [0.15, 0.2) is 42.5 Å². The van der Waals surface area contributed by atoms with Crippen LogP contribution in [-0.4, -0.2) is 32.8 Å². The lowest BCUT2D eigenvalue weighted by Gasteiger charge is -2.13. The topological polar surface area (TPSA) is 71.1 Å². The molecule has 0 spiro atoms. The summed E-state index contributed by atoms with van der Waals surface area (Å²) in [5.41, 5.74) is 0.492. The Bertz CT molecular complexity index is 716. The van der Waals surface area contributed by atoms with E-state index in [0.717, 1.165) is 0 Å². The maximum atomic E-state index is 12.4. The molecule has 0 saturated carbocycles. The van der Waals surface area contributed by atoms with Crippen molar-refractivity contribution in [3.63, 3.8) is 0 Å². The predicted octanol–water partition coefficient (Wildman–Crippen LogP) is 3.10. The van der Waals surface area contributed by atoms with Gasteiger partial charge in [0.1, 0.15) is 0 Å². The number of rotatable bonds is 6. The van der Waals surface area contributed by atoms with Gasteiger partial charge in [0.05, 0.1) is 32.0 Å². The number of carbonyl (C=O) groups is 2. The number of hydrogen-bond donors (Lipinski definition) is 0. The van der Waals surface area contributed by atoms with Crippen molar-refractivity contribution in [2.45, 2.75) is 6.92 Å². The lowest BCUT2D eigenvalue weighted by atomic mass is 10.1. The summed E-state index contributed by atoms with van der Waals surface area (Å²) < 4.78 is 20.7. The van der Waals surface area contributed by atoms with Crippen LogP contribution in [0.5, 0.6) is 17.2 Å². The molecule has 0 aromatic heterocycles. The maximum Gasteiger partial charge on any atom is 0.343 e. The van der Waals surface area contributed by atoms with Gasteiger partial charge in [-0.2, -0.15) is 0 Å². The van der Waals surface area contributed by atoms with Crippen molar-refractivity contribution in [3.05, 3.63) is 53.6 Å². The predicted molar refractivity (Wildman–Crippen MR) is 86.9 cm³/mol. The van der Waals surface area contributed by atoms with E-state index in [9.17, 15) is 9.59 Å². The van der Waals surface area contributed by atoms with Crippen molar-refractivity contribution < 1.29 is 28.5 Å². The molecule has 126 valence electrons. The van der Waals surface area contributed by atoms with Crippen LogP contribution in [0.25, 0.3) is 0 Å². The van der Waals surface area contributed by atoms with Crippen LogP contribution in [0.2, 0.25) is 0 Å². The van der Waals surface area contributed by atoms with E-state index in [0.29, 0.717) is 11.5 Å². The summed E-state index contributed by atoms with van der Waals surface area (Å²) >= 11 is 0. The van der Waals surface area contributed by atoms with Crippen LogP contribution in [-0.2, 0) is 4.74 Å². The Morgan fingerprint density at radius 1 is 0.875 bits per heavy atom. The highest BCUT2D eigenvalue weighted by Crippen LogP contribution is 2.37. The van der Waals surface area contributed by atoms with Gasteiger partial charge in [0.2, 0.25) is 5.75 Å². The second-order valence-electron chi connectivity index (χ2n) is 4.68. The molecule has 0 atom stereocenters. The lowest BCUT2D eigenvalue weighted by molar-refractivity contribution is 0.0526. The Labute approximate surface area is 139 Å². The van der Waals surface area contributed by atoms with Gasteiger partial charge in [-0.3, -0.25) is 0 Å². The second kappa shape index (κ2) is 8.01. The average molecular weight is 330 g/mol. The van der Waals surface area contributed by atoms with Crippen molar-refractivity contribution in [1.82, 2.24) is 0 Å². The molecule has 0 aliphatic heterocycles. The second-order valence-corrected chi connectivity index (χ2v) is 4.68. The Morgan fingerprint density at radius 2 is 1.42 bits per heavy atom. The van der Waals surface area contributed by atoms with E-state index < -0.39 is 11.9 Å². The molecular weight excluding hydrogens is 312 g/mol. The third-order valence-electron chi connectivity index (χ3n) is 3.19. The van der Waals surface area contributed by atoms with Crippen molar-refractivity contribution in [1.29, 1.82) is 0 Å². The van der Waals surface area contributed by atoms with Crippen LogP contribution < -0.4 is 14.2 Å². The van der Waals surface area contributed by atoms with E-state index >= 15 is 0 Å². The number of carbonyl (C=O) groups excluding carboxylic acids is 2. The van der Waals surface area contributed by atoms with Gasteiger partial charge in [0.25, 0.3) is 0 Å². The molecule has 2 aromatic rings. The summed E-state index contributed by atoms with van der Waals surface area (Å²) in [5, 5.41) is 0. The first kappa shape index (κ1) is 17.3. The van der Waals surface area contributed by atoms with Crippen LogP contribution in [0.4, 0.5) is 0 Å². The third kappa shape index (κ3) is 3.84. The summed E-state index contributed by atoms with van der Waals surface area (Å²) in [6.07, 6.45) is 0. The zero-order valence-corrected chi connectivity index (χ0v) is 13.7. The minimum Gasteiger partial charge on any atom is -0.493 e. The Hall–Kier alpha value is -3.02. The highest BCUT2D eigenvalue weighted by Gasteiger charge is 2.18. The number of benzene rings is 2. The van der Waals surface area contributed by atoms with E-state index in [4.69, 9.17) is 18.9 Å². The minimum atomic E-state index is -0.635. The fourth-order valence-corrected chi connectivity index (χ4v) is 2.06. The van der Waals surface area contributed by atoms with E-state index in [2.05, 4.69) is 0 Å². The first-order valence-electron chi connectivity index (χ1n) is 7.31. The molecular formula is C18H18O6. The number of para-hydroxylation sites is 1. The molecule has 0 heterocycles. The molecule has 0 saturated heterocycles. The molecule has 2 rings (SSSR count). The number of ether oxygens (including phenoxy) is 4. The fourth-order valence-electron chi connectivity index (χ4n) is 2.06. The monoisotopic (exact) mass is 330 g/mol. The molecule has 0 unspecified atom stereocenters. The molecule has 0 N–H and O–H groups in total. The molecule has 0 fully saturated rings. The molecule has 24 heavy (non-hydrogen) atoms. The summed E-state index contributed by atoms with van der Waals surface area (Å²) in [7, 11) is 2.93. The smallest absolute Gasteiger partial charge is 0.343 e. The van der Waals surface area contributed by atoms with Gasteiger partial charge in [-0.05, 0) is 37.3 Å². The summed E-state index contributed by atoms with van der Waals surface area (Å²) in [6, 6.07) is 11.1. The molecule has 2 aromatic carbocycles. The van der Waals surface area contributed by atoms with Crippen molar-refractivity contribution >= 4 is 11.9 Å². The maximum absolute atomic E-state index is 12.4. The van der Waals surface area contributed by atoms with Gasteiger partial charge >= 0.3 is 11.9 Å². The first-order valence-corrected chi connectivity index (χ1v) is 7.31. The summed E-state index contributed by atoms with van der Waals surface area (Å²) in [5.74, 6) is -0.228. The van der Waals surface area contributed by atoms with Crippen LogP contribution >= 0.6 is 0 Å². The Morgan fingerprint density at radius 3 is 1.96 bits per heavy atom. The van der Waals surface area contributed by atoms with E-state index in [1.54, 1.807) is 43.3 Å². The summed E-state index contributed by atoms with van der Waals surface area (Å²) in [4.78, 5) is 24.2. The Balaban J connectivity index is 2.28. The molecule has 0 bridgehead atoms. The fraction of sp³-hybridized carbons (Fsp3) is 0.222. The molecule has 0 aliphatic carbocycles. The van der Waals surface area contributed by atoms with E-state index in [-0.39, 0.29) is 23.5 Å². The normalized spacial score (nSPS) is 9.96. The standard InChI is InChI=1S/C18H18O6/c1-4-23-17(19)12-7-5-8-13(11-12)18(20)24-16-14(21-2)9-6-10-15(16)22-3/h5-11H,4H2,1-3H3. The first-order chi connectivity index (χ1) is 11.6. The number of esters is 2. The van der Waals surface area contributed by atoms with Gasteiger partial charge in [-0.25, -0.2) is 9.59 Å². The van der Waals surface area contributed by atoms with E-state index in [1.807, 2.05) is 0 Å². The van der Waals surface area contributed by atoms with Gasteiger partial charge in [-0.1, -0.05) is 12.1 Å². The summed E-state index contributed by atoms with van der Waals surface area (Å²) in [6.45, 7) is 1.97. The van der Waals surface area contributed by atoms with Gasteiger partial charge in [0, 0.05) is 0 Å². The van der Waals surface area contributed by atoms with Gasteiger partial charge < -0.3 is 18.9 Å². The highest BCUT2D eigenvalue weighted by molar-refractivity contribution is 5.96. The molecule has 0 amide bonds. The molecule has 6 nitrogen and oxygen atoms in total. The van der Waals surface area contributed by atoms with Crippen LogP contribution in [0, 0.1) is 0 Å². The van der Waals surface area contributed by atoms with Gasteiger partial charge in [-0.15, -0.1) is 0 Å². The highest BCUT2D eigenvalue weighted by atomic mass is 16.6. The molecule has 0 radical (unpaired) electrons. The largest absolute Gasteiger partial charge is 0.493 e. The zero-order chi connectivity index (χ0) is 17.5. The van der Waals surface area contributed by atoms with E-state index in [1.165, 1.54) is 20.3 Å². The minimum absolute atomic E-state index is 0.175. The average Bonchev–Trinajstić information content (AvgIpc) is 2.62. The SMILES string of the molecule is CCOC(=O)c1cccc(C(=O)Oc2c(OC)cccc2OC)c1. The van der Waals surface area contributed by atoms with Crippen LogP contribution in [0.3, 0.4) is 0 Å². The number of methoxy groups -OCH3 is 2. The Kier molecular flexibility index (Phi) is 5.78. The van der Waals surface area contributed by atoms with Crippen molar-refractivity contribution in [3.8, 4) is 17.2 Å². The lowest BCUT2D eigenvalue weighted by Crippen LogP contribution is -2.12. The number of hydrogen-bond acceptors (Lipinski definition) is 6.